The van der Waals surface area contributed by atoms with Gasteiger partial charge in [0.1, 0.15) is 18.0 Å². The summed E-state index contributed by atoms with van der Waals surface area (Å²) in [5.74, 6) is 2.17. The predicted molar refractivity (Wildman–Crippen MR) is 106 cm³/mol. The molecule has 1 saturated heterocycles. The van der Waals surface area contributed by atoms with Gasteiger partial charge in [-0.1, -0.05) is 12.1 Å². The molecular formula is C21H23N5O2. The molecular weight excluding hydrogens is 354 g/mol. The van der Waals surface area contributed by atoms with Crippen LogP contribution >= 0.6 is 0 Å². The minimum absolute atomic E-state index is 0.0363. The zero-order valence-electron chi connectivity index (χ0n) is 15.7. The van der Waals surface area contributed by atoms with E-state index in [-0.39, 0.29) is 24.8 Å². The summed E-state index contributed by atoms with van der Waals surface area (Å²) in [7, 11) is 0. The maximum atomic E-state index is 13.1. The van der Waals surface area contributed by atoms with E-state index in [1.807, 2.05) is 18.2 Å². The summed E-state index contributed by atoms with van der Waals surface area (Å²) >= 11 is 0. The minimum Gasteiger partial charge on any atom is -0.395 e. The molecule has 3 heterocycles. The monoisotopic (exact) mass is 377 g/mol. The van der Waals surface area contributed by atoms with E-state index in [0.29, 0.717) is 22.6 Å². The lowest BCUT2D eigenvalue weighted by atomic mass is 10.1. The summed E-state index contributed by atoms with van der Waals surface area (Å²) in [6.45, 7) is 1.01. The predicted octanol–water partition coefficient (Wildman–Crippen LogP) is 2.40. The Morgan fingerprint density at radius 1 is 1.14 bits per heavy atom. The number of fused-ring (bicyclic) bond motifs is 1. The van der Waals surface area contributed by atoms with Gasteiger partial charge in [-0.15, -0.1) is 0 Å². The van der Waals surface area contributed by atoms with Gasteiger partial charge in [-0.3, -0.25) is 9.36 Å². The third-order valence-electron chi connectivity index (χ3n) is 5.73. The Morgan fingerprint density at radius 2 is 2.00 bits per heavy atom. The van der Waals surface area contributed by atoms with Gasteiger partial charge < -0.3 is 10.0 Å². The highest BCUT2D eigenvalue weighted by molar-refractivity contribution is 5.77. The van der Waals surface area contributed by atoms with Crippen molar-refractivity contribution in [3.63, 3.8) is 0 Å². The van der Waals surface area contributed by atoms with Gasteiger partial charge in [0.25, 0.3) is 5.56 Å². The van der Waals surface area contributed by atoms with Gasteiger partial charge in [-0.2, -0.15) is 0 Å². The fourth-order valence-electron chi connectivity index (χ4n) is 4.19. The standard InChI is InChI=1S/C21H23N5O2/c27-11-10-26-20(24-16-5-2-1-4-15(16)21(26)28)18-6-3-9-25(18)19-12-17(14-7-8-14)22-13-23-19/h1-2,4-5,12-14,18,27H,3,6-11H2. The zero-order valence-corrected chi connectivity index (χ0v) is 15.7. The molecule has 1 aromatic carbocycles. The zero-order chi connectivity index (χ0) is 19.1. The molecule has 2 aliphatic rings. The van der Waals surface area contributed by atoms with E-state index in [2.05, 4.69) is 20.9 Å². The average Bonchev–Trinajstić information content (AvgIpc) is 3.47. The Hall–Kier alpha value is -2.80. The number of aliphatic hydroxyl groups is 1. The van der Waals surface area contributed by atoms with Crippen molar-refractivity contribution in [3.8, 4) is 0 Å². The molecule has 0 spiro atoms. The highest BCUT2D eigenvalue weighted by Crippen LogP contribution is 2.41. The maximum Gasteiger partial charge on any atom is 0.261 e. The average molecular weight is 377 g/mol. The molecule has 3 aromatic rings. The van der Waals surface area contributed by atoms with Crippen LogP contribution in [0.1, 0.15) is 49.2 Å². The molecule has 0 radical (unpaired) electrons. The fraction of sp³-hybridized carbons (Fsp3) is 0.429. The van der Waals surface area contributed by atoms with Crippen LogP contribution in [0, 0.1) is 0 Å². The van der Waals surface area contributed by atoms with Crippen LogP contribution in [0.3, 0.4) is 0 Å². The lowest BCUT2D eigenvalue weighted by molar-refractivity contribution is 0.270. The first kappa shape index (κ1) is 17.3. The third-order valence-corrected chi connectivity index (χ3v) is 5.73. The number of para-hydroxylation sites is 1. The first-order chi connectivity index (χ1) is 13.8. The van der Waals surface area contributed by atoms with Crippen molar-refractivity contribution in [2.24, 2.45) is 0 Å². The van der Waals surface area contributed by atoms with Crippen LogP contribution < -0.4 is 10.5 Å². The molecule has 1 N–H and O–H groups in total. The van der Waals surface area contributed by atoms with E-state index in [0.717, 1.165) is 30.9 Å². The maximum absolute atomic E-state index is 13.1. The highest BCUT2D eigenvalue weighted by atomic mass is 16.3. The van der Waals surface area contributed by atoms with Crippen molar-refractivity contribution in [2.45, 2.75) is 44.2 Å². The molecule has 2 fully saturated rings. The molecule has 0 bridgehead atoms. The molecule has 0 amide bonds. The van der Waals surface area contributed by atoms with Crippen molar-refractivity contribution in [2.75, 3.05) is 18.1 Å². The minimum atomic E-state index is -0.0982. The number of anilines is 1. The van der Waals surface area contributed by atoms with Crippen LogP contribution in [0.2, 0.25) is 0 Å². The lowest BCUT2D eigenvalue weighted by Crippen LogP contribution is -2.33. The summed E-state index contributed by atoms with van der Waals surface area (Å²) in [5.41, 5.74) is 1.71. The Labute approximate surface area is 162 Å². The first-order valence-corrected chi connectivity index (χ1v) is 9.95. The van der Waals surface area contributed by atoms with Gasteiger partial charge in [0, 0.05) is 24.2 Å². The van der Waals surface area contributed by atoms with Crippen LogP contribution in [0.15, 0.2) is 41.5 Å². The molecule has 2 aromatic heterocycles. The Morgan fingerprint density at radius 3 is 2.82 bits per heavy atom. The van der Waals surface area contributed by atoms with Crippen molar-refractivity contribution in [1.29, 1.82) is 0 Å². The largest absolute Gasteiger partial charge is 0.395 e. The Bertz CT molecular complexity index is 1080. The summed E-state index contributed by atoms with van der Waals surface area (Å²) in [6.07, 6.45) is 5.95. The second kappa shape index (κ2) is 6.98. The number of rotatable bonds is 5. The second-order valence-corrected chi connectivity index (χ2v) is 7.59. The number of aliphatic hydroxyl groups excluding tert-OH is 1. The topological polar surface area (TPSA) is 84.1 Å². The molecule has 7 heteroatoms. The number of benzene rings is 1. The molecule has 5 rings (SSSR count). The van der Waals surface area contributed by atoms with Crippen LogP contribution in [0.4, 0.5) is 5.82 Å². The van der Waals surface area contributed by atoms with Crippen LogP contribution in [-0.2, 0) is 6.54 Å². The molecule has 7 nitrogen and oxygen atoms in total. The fourth-order valence-corrected chi connectivity index (χ4v) is 4.19. The van der Waals surface area contributed by atoms with E-state index in [9.17, 15) is 9.90 Å². The molecule has 1 aliphatic heterocycles. The summed E-state index contributed by atoms with van der Waals surface area (Å²) in [4.78, 5) is 29.1. The third kappa shape index (κ3) is 2.96. The van der Waals surface area contributed by atoms with Gasteiger partial charge in [0.05, 0.1) is 30.1 Å². The van der Waals surface area contributed by atoms with E-state index >= 15 is 0 Å². The van der Waals surface area contributed by atoms with Crippen LogP contribution in [0.5, 0.6) is 0 Å². The summed E-state index contributed by atoms with van der Waals surface area (Å²) in [5, 5.41) is 10.1. The van der Waals surface area contributed by atoms with Crippen LogP contribution in [0.25, 0.3) is 10.9 Å². The SMILES string of the molecule is O=c1c2ccccc2nc(C2CCCN2c2cc(C3CC3)ncn2)n1CCO. The van der Waals surface area contributed by atoms with Gasteiger partial charge in [0.2, 0.25) is 0 Å². The van der Waals surface area contributed by atoms with Gasteiger partial charge in [-0.05, 0) is 37.8 Å². The van der Waals surface area contributed by atoms with Crippen molar-refractivity contribution in [1.82, 2.24) is 19.5 Å². The molecule has 1 saturated carbocycles. The number of hydrogen-bond acceptors (Lipinski definition) is 6. The number of hydrogen-bond donors (Lipinski definition) is 1. The summed E-state index contributed by atoms with van der Waals surface area (Å²) in [6, 6.07) is 9.46. The van der Waals surface area contributed by atoms with E-state index in [1.165, 1.54) is 12.8 Å². The molecule has 28 heavy (non-hydrogen) atoms. The highest BCUT2D eigenvalue weighted by Gasteiger charge is 2.32. The second-order valence-electron chi connectivity index (χ2n) is 7.59. The number of aromatic nitrogens is 4. The van der Waals surface area contributed by atoms with Gasteiger partial charge in [-0.25, -0.2) is 15.0 Å². The molecule has 1 unspecified atom stereocenters. The molecule has 1 aliphatic carbocycles. The van der Waals surface area contributed by atoms with E-state index in [1.54, 1.807) is 17.0 Å². The van der Waals surface area contributed by atoms with Gasteiger partial charge in [0.15, 0.2) is 0 Å². The quantitative estimate of drug-likeness (QED) is 0.735. The number of nitrogens with zero attached hydrogens (tertiary/aromatic N) is 5. The Balaban J connectivity index is 1.61. The van der Waals surface area contributed by atoms with Crippen molar-refractivity contribution >= 4 is 16.7 Å². The Kier molecular flexibility index (Phi) is 4.31. The van der Waals surface area contributed by atoms with Crippen molar-refractivity contribution < 1.29 is 5.11 Å². The smallest absolute Gasteiger partial charge is 0.261 e. The van der Waals surface area contributed by atoms with E-state index in [4.69, 9.17) is 4.98 Å². The molecule has 1 atom stereocenters. The van der Waals surface area contributed by atoms with Crippen LogP contribution in [-0.4, -0.2) is 37.8 Å². The van der Waals surface area contributed by atoms with Gasteiger partial charge >= 0.3 is 0 Å². The summed E-state index contributed by atoms with van der Waals surface area (Å²) < 4.78 is 1.63. The first-order valence-electron chi connectivity index (χ1n) is 9.95. The van der Waals surface area contributed by atoms with E-state index < -0.39 is 0 Å². The molecule has 144 valence electrons. The van der Waals surface area contributed by atoms with Crippen molar-refractivity contribution in [3.05, 3.63) is 58.5 Å². The normalized spacial score (nSPS) is 19.5. The lowest BCUT2D eigenvalue weighted by Gasteiger charge is -2.27.